The average molecular weight is 253 g/mol. The number of alkyl halides is 1. The Kier molecular flexibility index (Phi) is 3.31. The van der Waals surface area contributed by atoms with Crippen molar-refractivity contribution in [1.82, 2.24) is 0 Å². The molecule has 7 heteroatoms. The van der Waals surface area contributed by atoms with Crippen molar-refractivity contribution in [1.29, 1.82) is 0 Å². The van der Waals surface area contributed by atoms with Gasteiger partial charge in [-0.1, -0.05) is 17.7 Å². The van der Waals surface area contributed by atoms with Crippen molar-refractivity contribution in [3.8, 4) is 0 Å². The standard InChI is InChI=1S/C8H6ClFO4S/c9-5-2-1-3-6(4-5)15(13,14)7(10)8(11)12/h1-4,7H,(H,11,12). The number of hydrogen-bond acceptors (Lipinski definition) is 3. The summed E-state index contributed by atoms with van der Waals surface area (Å²) < 4.78 is 35.5. The van der Waals surface area contributed by atoms with E-state index in [9.17, 15) is 17.6 Å². The molecule has 4 nitrogen and oxygen atoms in total. The summed E-state index contributed by atoms with van der Waals surface area (Å²) >= 11 is 5.50. The molecular weight excluding hydrogens is 247 g/mol. The lowest BCUT2D eigenvalue weighted by Crippen LogP contribution is -2.25. The monoisotopic (exact) mass is 252 g/mol. The fraction of sp³-hybridized carbons (Fsp3) is 0.125. The molecule has 0 heterocycles. The van der Waals surface area contributed by atoms with Gasteiger partial charge >= 0.3 is 11.5 Å². The first kappa shape index (κ1) is 11.9. The molecule has 0 aliphatic rings. The van der Waals surface area contributed by atoms with Crippen LogP contribution in [0.2, 0.25) is 5.02 Å². The van der Waals surface area contributed by atoms with Crippen LogP contribution in [0.15, 0.2) is 29.2 Å². The maximum absolute atomic E-state index is 12.9. The van der Waals surface area contributed by atoms with Crippen LogP contribution in [0.3, 0.4) is 0 Å². The second kappa shape index (κ2) is 4.16. The van der Waals surface area contributed by atoms with Gasteiger partial charge in [0.05, 0.1) is 4.90 Å². The number of halogens is 2. The first-order chi connectivity index (χ1) is 6.85. The van der Waals surface area contributed by atoms with Gasteiger partial charge in [-0.2, -0.15) is 0 Å². The van der Waals surface area contributed by atoms with Gasteiger partial charge in [0.2, 0.25) is 9.84 Å². The third kappa shape index (κ3) is 2.45. The van der Waals surface area contributed by atoms with Crippen molar-refractivity contribution in [2.24, 2.45) is 0 Å². The van der Waals surface area contributed by atoms with Crippen LogP contribution in [0.5, 0.6) is 0 Å². The van der Waals surface area contributed by atoms with Crippen molar-refractivity contribution < 1.29 is 22.7 Å². The normalized spacial score (nSPS) is 13.5. The molecule has 1 aromatic rings. The summed E-state index contributed by atoms with van der Waals surface area (Å²) in [6, 6.07) is 4.77. The van der Waals surface area contributed by atoms with Crippen molar-refractivity contribution >= 4 is 27.4 Å². The van der Waals surface area contributed by atoms with Gasteiger partial charge in [0.25, 0.3) is 0 Å². The van der Waals surface area contributed by atoms with Crippen LogP contribution < -0.4 is 0 Å². The van der Waals surface area contributed by atoms with E-state index in [1.165, 1.54) is 12.1 Å². The Hall–Kier alpha value is -1.14. The van der Waals surface area contributed by atoms with E-state index in [2.05, 4.69) is 0 Å². The first-order valence-electron chi connectivity index (χ1n) is 3.72. The van der Waals surface area contributed by atoms with E-state index in [1.807, 2.05) is 0 Å². The number of carbonyl (C=O) groups is 1. The third-order valence-electron chi connectivity index (χ3n) is 1.59. The molecule has 1 atom stereocenters. The molecule has 1 unspecified atom stereocenters. The molecule has 0 saturated carbocycles. The molecule has 0 aliphatic heterocycles. The van der Waals surface area contributed by atoms with Gasteiger partial charge < -0.3 is 5.11 Å². The minimum atomic E-state index is -4.51. The van der Waals surface area contributed by atoms with Gasteiger partial charge in [0.15, 0.2) is 0 Å². The maximum atomic E-state index is 12.9. The second-order valence-corrected chi connectivity index (χ2v) is 5.07. The van der Waals surface area contributed by atoms with Gasteiger partial charge in [-0.25, -0.2) is 17.6 Å². The maximum Gasteiger partial charge on any atom is 0.354 e. The van der Waals surface area contributed by atoms with Gasteiger partial charge in [0, 0.05) is 5.02 Å². The van der Waals surface area contributed by atoms with E-state index in [1.54, 1.807) is 0 Å². The van der Waals surface area contributed by atoms with Crippen molar-refractivity contribution in [3.63, 3.8) is 0 Å². The average Bonchev–Trinajstić information content (AvgIpc) is 2.16. The fourth-order valence-electron chi connectivity index (χ4n) is 0.896. The molecule has 0 fully saturated rings. The lowest BCUT2D eigenvalue weighted by atomic mass is 10.4. The Morgan fingerprint density at radius 1 is 1.47 bits per heavy atom. The summed E-state index contributed by atoms with van der Waals surface area (Å²) in [4.78, 5) is 9.76. The number of aliphatic carboxylic acids is 1. The molecule has 1 N–H and O–H groups in total. The molecular formula is C8H6ClFO4S. The van der Waals surface area contributed by atoms with E-state index >= 15 is 0 Å². The zero-order valence-electron chi connectivity index (χ0n) is 7.22. The Labute approximate surface area is 90.2 Å². The van der Waals surface area contributed by atoms with Crippen molar-refractivity contribution in [3.05, 3.63) is 29.3 Å². The van der Waals surface area contributed by atoms with Crippen LogP contribution in [0.1, 0.15) is 0 Å². The number of rotatable bonds is 3. The molecule has 0 aromatic heterocycles. The molecule has 0 spiro atoms. The topological polar surface area (TPSA) is 71.4 Å². The molecule has 15 heavy (non-hydrogen) atoms. The molecule has 1 aromatic carbocycles. The Morgan fingerprint density at radius 3 is 2.53 bits per heavy atom. The highest BCUT2D eigenvalue weighted by atomic mass is 35.5. The quantitative estimate of drug-likeness (QED) is 0.885. The van der Waals surface area contributed by atoms with E-state index in [-0.39, 0.29) is 5.02 Å². The van der Waals surface area contributed by atoms with Crippen molar-refractivity contribution in [2.75, 3.05) is 0 Å². The molecule has 1 rings (SSSR count). The summed E-state index contributed by atoms with van der Waals surface area (Å²) in [7, 11) is -4.51. The van der Waals surface area contributed by atoms with E-state index in [4.69, 9.17) is 16.7 Å². The predicted molar refractivity (Wildman–Crippen MR) is 51.2 cm³/mol. The smallest absolute Gasteiger partial charge is 0.354 e. The number of carboxylic acids is 1. The third-order valence-corrected chi connectivity index (χ3v) is 3.48. The number of benzene rings is 1. The summed E-state index contributed by atoms with van der Waals surface area (Å²) in [5.41, 5.74) is -2.98. The summed E-state index contributed by atoms with van der Waals surface area (Å²) in [6.07, 6.45) is 0. The van der Waals surface area contributed by atoms with E-state index < -0.39 is 26.2 Å². The molecule has 0 bridgehead atoms. The lowest BCUT2D eigenvalue weighted by molar-refractivity contribution is -0.139. The molecule has 82 valence electrons. The van der Waals surface area contributed by atoms with Crippen LogP contribution >= 0.6 is 11.6 Å². The summed E-state index contributed by atoms with van der Waals surface area (Å²) in [6.45, 7) is 0. The Balaban J connectivity index is 3.23. The highest BCUT2D eigenvalue weighted by molar-refractivity contribution is 7.92. The van der Waals surface area contributed by atoms with E-state index in [0.717, 1.165) is 12.1 Å². The van der Waals surface area contributed by atoms with Crippen LogP contribution in [-0.4, -0.2) is 25.0 Å². The van der Waals surface area contributed by atoms with Gasteiger partial charge in [-0.3, -0.25) is 0 Å². The molecule has 0 radical (unpaired) electrons. The number of hydrogen-bond donors (Lipinski definition) is 1. The highest BCUT2D eigenvalue weighted by Crippen LogP contribution is 2.20. The predicted octanol–water partition coefficient (Wildman–Crippen LogP) is 1.49. The molecule has 0 amide bonds. The van der Waals surface area contributed by atoms with E-state index in [0.29, 0.717) is 0 Å². The molecule has 0 aliphatic carbocycles. The first-order valence-corrected chi connectivity index (χ1v) is 5.64. The Bertz CT molecular complexity index is 485. The van der Waals surface area contributed by atoms with Crippen molar-refractivity contribution in [2.45, 2.75) is 10.4 Å². The van der Waals surface area contributed by atoms with Gasteiger partial charge in [-0.05, 0) is 18.2 Å². The summed E-state index contributed by atoms with van der Waals surface area (Å²) in [5.74, 6) is -2.05. The zero-order valence-corrected chi connectivity index (χ0v) is 8.80. The SMILES string of the molecule is O=C(O)C(F)S(=O)(=O)c1cccc(Cl)c1. The second-order valence-electron chi connectivity index (χ2n) is 2.66. The van der Waals surface area contributed by atoms with Gasteiger partial charge in [0.1, 0.15) is 0 Å². The van der Waals surface area contributed by atoms with Gasteiger partial charge in [-0.15, -0.1) is 0 Å². The van der Waals surface area contributed by atoms with Crippen LogP contribution in [0.25, 0.3) is 0 Å². The minimum absolute atomic E-state index is 0.0914. The minimum Gasteiger partial charge on any atom is -0.478 e. The van der Waals surface area contributed by atoms with Crippen LogP contribution in [0.4, 0.5) is 4.39 Å². The highest BCUT2D eigenvalue weighted by Gasteiger charge is 2.33. The van der Waals surface area contributed by atoms with Crippen LogP contribution in [-0.2, 0) is 14.6 Å². The summed E-state index contributed by atoms with van der Waals surface area (Å²) in [5, 5.41) is 8.35. The largest absolute Gasteiger partial charge is 0.478 e. The lowest BCUT2D eigenvalue weighted by Gasteiger charge is -2.05. The fourth-order valence-corrected chi connectivity index (χ4v) is 2.22. The number of carboxylic acid groups (broad SMARTS) is 1. The molecule has 0 saturated heterocycles. The number of sulfone groups is 1. The zero-order chi connectivity index (χ0) is 11.6. The Morgan fingerprint density at radius 2 is 2.07 bits per heavy atom. The van der Waals surface area contributed by atoms with Crippen LogP contribution in [0, 0.1) is 0 Å².